The highest BCUT2D eigenvalue weighted by Gasteiger charge is 2.36. The SMILES string of the molecule is CC(C)(C)[Si](C)(C)OCc1ccc(C=O)c(Cl)c1. The zero-order valence-corrected chi connectivity index (χ0v) is 13.5. The molecule has 2 nitrogen and oxygen atoms in total. The Morgan fingerprint density at radius 1 is 1.33 bits per heavy atom. The third-order valence-corrected chi connectivity index (χ3v) is 8.40. The lowest BCUT2D eigenvalue weighted by atomic mass is 10.1. The van der Waals surface area contributed by atoms with Crippen molar-refractivity contribution in [3.63, 3.8) is 0 Å². The van der Waals surface area contributed by atoms with Crippen LogP contribution in [0.25, 0.3) is 0 Å². The fourth-order valence-corrected chi connectivity index (χ4v) is 2.44. The summed E-state index contributed by atoms with van der Waals surface area (Å²) in [7, 11) is -1.74. The van der Waals surface area contributed by atoms with Gasteiger partial charge < -0.3 is 4.43 Å². The molecule has 0 heterocycles. The third-order valence-electron chi connectivity index (χ3n) is 3.60. The van der Waals surface area contributed by atoms with Crippen LogP contribution in [0.5, 0.6) is 0 Å². The first-order valence-corrected chi connectivity index (χ1v) is 9.33. The van der Waals surface area contributed by atoms with Gasteiger partial charge in [0.1, 0.15) is 0 Å². The van der Waals surface area contributed by atoms with Gasteiger partial charge in [-0.2, -0.15) is 0 Å². The molecule has 0 spiro atoms. The molecule has 18 heavy (non-hydrogen) atoms. The molecule has 100 valence electrons. The summed E-state index contributed by atoms with van der Waals surface area (Å²) < 4.78 is 6.10. The molecule has 1 rings (SSSR count). The third kappa shape index (κ3) is 3.67. The summed E-state index contributed by atoms with van der Waals surface area (Å²) in [4.78, 5) is 10.7. The second-order valence-electron chi connectivity index (χ2n) is 6.02. The maximum absolute atomic E-state index is 10.7. The number of rotatable bonds is 4. The Bertz CT molecular complexity index is 436. The van der Waals surface area contributed by atoms with Crippen molar-refractivity contribution >= 4 is 26.2 Å². The molecular formula is C14H21ClO2Si. The number of carbonyl (C=O) groups excluding carboxylic acids is 1. The normalized spacial score (nSPS) is 12.6. The number of hydrogen-bond acceptors (Lipinski definition) is 2. The topological polar surface area (TPSA) is 26.3 Å². The average Bonchev–Trinajstić information content (AvgIpc) is 2.25. The van der Waals surface area contributed by atoms with Crippen LogP contribution in [-0.2, 0) is 11.0 Å². The first kappa shape index (κ1) is 15.4. The number of aldehydes is 1. The van der Waals surface area contributed by atoms with E-state index in [1.54, 1.807) is 12.1 Å². The van der Waals surface area contributed by atoms with E-state index < -0.39 is 8.32 Å². The molecule has 0 atom stereocenters. The summed E-state index contributed by atoms with van der Waals surface area (Å²) in [5.74, 6) is 0. The van der Waals surface area contributed by atoms with Gasteiger partial charge >= 0.3 is 0 Å². The van der Waals surface area contributed by atoms with Crippen molar-refractivity contribution in [2.45, 2.75) is 45.5 Å². The van der Waals surface area contributed by atoms with Crippen molar-refractivity contribution in [3.05, 3.63) is 34.3 Å². The number of halogens is 1. The Morgan fingerprint density at radius 3 is 2.39 bits per heavy atom. The molecule has 0 saturated carbocycles. The highest BCUT2D eigenvalue weighted by molar-refractivity contribution is 6.74. The lowest BCUT2D eigenvalue weighted by Gasteiger charge is -2.36. The average molecular weight is 285 g/mol. The van der Waals surface area contributed by atoms with Gasteiger partial charge in [-0.25, -0.2) is 0 Å². The van der Waals surface area contributed by atoms with Crippen molar-refractivity contribution in [2.75, 3.05) is 0 Å². The van der Waals surface area contributed by atoms with E-state index in [4.69, 9.17) is 16.0 Å². The van der Waals surface area contributed by atoms with E-state index in [2.05, 4.69) is 33.9 Å². The van der Waals surface area contributed by atoms with Crippen LogP contribution in [0.4, 0.5) is 0 Å². The molecule has 1 aromatic carbocycles. The first-order chi connectivity index (χ1) is 8.17. The van der Waals surface area contributed by atoms with Crippen LogP contribution >= 0.6 is 11.6 Å². The Kier molecular flexibility index (Phi) is 4.76. The zero-order valence-electron chi connectivity index (χ0n) is 11.7. The van der Waals surface area contributed by atoms with E-state index in [0.29, 0.717) is 17.2 Å². The standard InChI is InChI=1S/C14H21ClO2Si/c1-14(2,3)18(4,5)17-10-11-6-7-12(9-16)13(15)8-11/h6-9H,10H2,1-5H3. The number of benzene rings is 1. The molecule has 0 unspecified atom stereocenters. The molecule has 0 bridgehead atoms. The fourth-order valence-electron chi connectivity index (χ4n) is 1.24. The van der Waals surface area contributed by atoms with Crippen LogP contribution in [0.15, 0.2) is 18.2 Å². The minimum Gasteiger partial charge on any atom is -0.413 e. The van der Waals surface area contributed by atoms with Gasteiger partial charge in [-0.05, 0) is 35.8 Å². The van der Waals surface area contributed by atoms with Gasteiger partial charge in [-0.1, -0.05) is 38.4 Å². The summed E-state index contributed by atoms with van der Waals surface area (Å²) in [6.07, 6.45) is 0.765. The second-order valence-corrected chi connectivity index (χ2v) is 11.2. The van der Waals surface area contributed by atoms with E-state index >= 15 is 0 Å². The Balaban J connectivity index is 2.76. The predicted molar refractivity (Wildman–Crippen MR) is 78.8 cm³/mol. The second kappa shape index (κ2) is 5.55. The molecule has 0 amide bonds. The van der Waals surface area contributed by atoms with Crippen molar-refractivity contribution < 1.29 is 9.22 Å². The highest BCUT2D eigenvalue weighted by atomic mass is 35.5. The quantitative estimate of drug-likeness (QED) is 0.593. The van der Waals surface area contributed by atoms with Crippen LogP contribution in [-0.4, -0.2) is 14.6 Å². The van der Waals surface area contributed by atoms with Gasteiger partial charge in [0, 0.05) is 5.56 Å². The number of carbonyl (C=O) groups is 1. The highest BCUT2D eigenvalue weighted by Crippen LogP contribution is 2.37. The fraction of sp³-hybridized carbons (Fsp3) is 0.500. The van der Waals surface area contributed by atoms with Gasteiger partial charge in [0.2, 0.25) is 0 Å². The molecule has 0 aliphatic carbocycles. The van der Waals surface area contributed by atoms with Crippen molar-refractivity contribution in [1.82, 2.24) is 0 Å². The summed E-state index contributed by atoms with van der Waals surface area (Å²) in [5, 5.41) is 0.681. The number of hydrogen-bond donors (Lipinski definition) is 0. The molecule has 0 fully saturated rings. The molecule has 0 N–H and O–H groups in total. The van der Waals surface area contributed by atoms with Crippen LogP contribution in [0.2, 0.25) is 23.2 Å². The molecule has 0 saturated heterocycles. The van der Waals surface area contributed by atoms with Gasteiger partial charge in [-0.3, -0.25) is 4.79 Å². The largest absolute Gasteiger partial charge is 0.413 e. The van der Waals surface area contributed by atoms with Gasteiger partial charge in [0.05, 0.1) is 11.6 Å². The molecular weight excluding hydrogens is 264 g/mol. The Morgan fingerprint density at radius 2 is 1.94 bits per heavy atom. The zero-order chi connectivity index (χ0) is 14.0. The molecule has 1 aromatic rings. The molecule has 0 aliphatic heterocycles. The van der Waals surface area contributed by atoms with E-state index in [9.17, 15) is 4.79 Å². The van der Waals surface area contributed by atoms with Gasteiger partial charge in [0.15, 0.2) is 14.6 Å². The summed E-state index contributed by atoms with van der Waals surface area (Å²) in [5.41, 5.74) is 1.53. The first-order valence-electron chi connectivity index (χ1n) is 6.05. The van der Waals surface area contributed by atoms with E-state index in [1.807, 2.05) is 6.07 Å². The minimum atomic E-state index is -1.74. The monoisotopic (exact) mass is 284 g/mol. The van der Waals surface area contributed by atoms with Crippen molar-refractivity contribution in [3.8, 4) is 0 Å². The van der Waals surface area contributed by atoms with Crippen molar-refractivity contribution in [1.29, 1.82) is 0 Å². The van der Waals surface area contributed by atoms with Gasteiger partial charge in [-0.15, -0.1) is 0 Å². The van der Waals surface area contributed by atoms with E-state index in [-0.39, 0.29) is 5.04 Å². The van der Waals surface area contributed by atoms with E-state index in [1.165, 1.54) is 0 Å². The Labute approximate surface area is 115 Å². The maximum Gasteiger partial charge on any atom is 0.192 e. The minimum absolute atomic E-state index is 0.194. The van der Waals surface area contributed by atoms with Crippen LogP contribution < -0.4 is 0 Å². The summed E-state index contributed by atoms with van der Waals surface area (Å²) in [6.45, 7) is 11.6. The Hall–Kier alpha value is -0.643. The molecule has 0 aromatic heterocycles. The lowest BCUT2D eigenvalue weighted by Crippen LogP contribution is -2.40. The summed E-state index contributed by atoms with van der Waals surface area (Å²) in [6, 6.07) is 5.43. The molecule has 4 heteroatoms. The maximum atomic E-state index is 10.7. The molecule has 0 aliphatic rings. The lowest BCUT2D eigenvalue weighted by molar-refractivity contribution is 0.112. The van der Waals surface area contributed by atoms with Crippen LogP contribution in [0, 0.1) is 0 Å². The summed E-state index contributed by atoms with van der Waals surface area (Å²) >= 11 is 5.99. The van der Waals surface area contributed by atoms with Crippen LogP contribution in [0.3, 0.4) is 0 Å². The van der Waals surface area contributed by atoms with Crippen LogP contribution in [0.1, 0.15) is 36.7 Å². The van der Waals surface area contributed by atoms with E-state index in [0.717, 1.165) is 11.8 Å². The predicted octanol–water partition coefficient (Wildman–Crippen LogP) is 4.67. The van der Waals surface area contributed by atoms with Crippen molar-refractivity contribution in [2.24, 2.45) is 0 Å². The smallest absolute Gasteiger partial charge is 0.192 e. The molecule has 0 radical (unpaired) electrons. The van der Waals surface area contributed by atoms with Gasteiger partial charge in [0.25, 0.3) is 0 Å².